The Kier molecular flexibility index (Phi) is 4.87. The minimum absolute atomic E-state index is 0.0542. The topological polar surface area (TPSA) is 37.4 Å². The standard InChI is InChI=1S/C19H22BrNO2S/c1-13(2)18-17(20)19(15-7-5-4-6-8-15)21(18)24(22,23)16-11-9-14(3)10-12-16/h4-13,17-19H,1-3H3/t17-,18-,19+/m0/s1. The predicted octanol–water partition coefficient (Wildman–Crippen LogP) is 4.53. The fraction of sp³-hybridized carbons (Fsp3) is 0.368. The molecular weight excluding hydrogens is 386 g/mol. The minimum Gasteiger partial charge on any atom is -0.207 e. The Labute approximate surface area is 152 Å². The van der Waals surface area contributed by atoms with Gasteiger partial charge in [-0.15, -0.1) is 0 Å². The molecule has 0 bridgehead atoms. The zero-order valence-electron chi connectivity index (χ0n) is 14.1. The van der Waals surface area contributed by atoms with Gasteiger partial charge in [0.15, 0.2) is 0 Å². The van der Waals surface area contributed by atoms with Crippen molar-refractivity contribution in [2.75, 3.05) is 0 Å². The fourth-order valence-electron chi connectivity index (χ4n) is 3.34. The molecule has 0 amide bonds. The van der Waals surface area contributed by atoms with Crippen molar-refractivity contribution in [3.05, 3.63) is 65.7 Å². The Morgan fingerprint density at radius 1 is 1.00 bits per heavy atom. The molecule has 1 aliphatic rings. The van der Waals surface area contributed by atoms with Crippen molar-refractivity contribution in [3.63, 3.8) is 0 Å². The number of sulfonamides is 1. The predicted molar refractivity (Wildman–Crippen MR) is 101 cm³/mol. The molecular formula is C19H22BrNO2S. The van der Waals surface area contributed by atoms with E-state index in [1.165, 1.54) is 0 Å². The molecule has 1 saturated heterocycles. The number of benzene rings is 2. The fourth-order valence-corrected chi connectivity index (χ4v) is 7.04. The number of halogens is 1. The molecule has 0 radical (unpaired) electrons. The summed E-state index contributed by atoms with van der Waals surface area (Å²) in [6, 6.07) is 16.7. The normalized spacial score (nSPS) is 24.8. The minimum atomic E-state index is -3.54. The van der Waals surface area contributed by atoms with E-state index < -0.39 is 10.0 Å². The number of rotatable bonds is 4. The van der Waals surface area contributed by atoms with Crippen LogP contribution in [0.4, 0.5) is 0 Å². The van der Waals surface area contributed by atoms with Crippen molar-refractivity contribution in [3.8, 4) is 0 Å². The van der Waals surface area contributed by atoms with Gasteiger partial charge in [0.2, 0.25) is 10.0 Å². The Bertz CT molecular complexity index is 803. The van der Waals surface area contributed by atoms with Gasteiger partial charge in [-0.1, -0.05) is 77.8 Å². The van der Waals surface area contributed by atoms with E-state index in [1.54, 1.807) is 16.4 Å². The Morgan fingerprint density at radius 2 is 1.58 bits per heavy atom. The quantitative estimate of drug-likeness (QED) is 0.698. The molecule has 1 heterocycles. The molecule has 0 aromatic heterocycles. The van der Waals surface area contributed by atoms with Gasteiger partial charge in [0.1, 0.15) is 0 Å². The molecule has 0 saturated carbocycles. The molecule has 3 atom stereocenters. The lowest BCUT2D eigenvalue weighted by molar-refractivity contribution is 0.0888. The molecule has 3 nitrogen and oxygen atoms in total. The molecule has 2 aromatic carbocycles. The highest BCUT2D eigenvalue weighted by atomic mass is 79.9. The summed E-state index contributed by atoms with van der Waals surface area (Å²) >= 11 is 3.74. The van der Waals surface area contributed by atoms with Crippen LogP contribution in [0.2, 0.25) is 0 Å². The van der Waals surface area contributed by atoms with Gasteiger partial charge in [0.25, 0.3) is 0 Å². The van der Waals surface area contributed by atoms with Gasteiger partial charge < -0.3 is 0 Å². The number of hydrogen-bond donors (Lipinski definition) is 0. The summed E-state index contributed by atoms with van der Waals surface area (Å²) in [5, 5.41) is 0. The zero-order valence-corrected chi connectivity index (χ0v) is 16.5. The third kappa shape index (κ3) is 2.93. The Hall–Kier alpha value is -1.17. The van der Waals surface area contributed by atoms with Gasteiger partial charge in [0.05, 0.1) is 15.8 Å². The molecule has 1 fully saturated rings. The molecule has 0 unspecified atom stereocenters. The highest BCUT2D eigenvalue weighted by Crippen LogP contribution is 2.49. The van der Waals surface area contributed by atoms with E-state index in [0.29, 0.717) is 4.90 Å². The smallest absolute Gasteiger partial charge is 0.207 e. The van der Waals surface area contributed by atoms with Gasteiger partial charge in [-0.3, -0.25) is 0 Å². The van der Waals surface area contributed by atoms with E-state index >= 15 is 0 Å². The second kappa shape index (κ2) is 6.62. The van der Waals surface area contributed by atoms with E-state index in [1.807, 2.05) is 49.4 Å². The van der Waals surface area contributed by atoms with Crippen LogP contribution in [-0.2, 0) is 10.0 Å². The molecule has 24 heavy (non-hydrogen) atoms. The third-order valence-electron chi connectivity index (χ3n) is 4.62. The van der Waals surface area contributed by atoms with Crippen LogP contribution >= 0.6 is 15.9 Å². The highest BCUT2D eigenvalue weighted by molar-refractivity contribution is 9.09. The van der Waals surface area contributed by atoms with E-state index in [-0.39, 0.29) is 22.8 Å². The van der Waals surface area contributed by atoms with E-state index in [2.05, 4.69) is 29.8 Å². The van der Waals surface area contributed by atoms with Crippen LogP contribution in [-0.4, -0.2) is 23.6 Å². The molecule has 2 aromatic rings. The molecule has 5 heteroatoms. The molecule has 1 aliphatic heterocycles. The van der Waals surface area contributed by atoms with Crippen molar-refractivity contribution in [2.24, 2.45) is 5.92 Å². The first-order chi connectivity index (χ1) is 11.3. The van der Waals surface area contributed by atoms with Gasteiger partial charge in [-0.05, 0) is 30.5 Å². The summed E-state index contributed by atoms with van der Waals surface area (Å²) in [5.41, 5.74) is 2.07. The number of alkyl halides is 1. The van der Waals surface area contributed by atoms with Crippen LogP contribution in [0.15, 0.2) is 59.5 Å². The second-order valence-electron chi connectivity index (χ2n) is 6.68. The first-order valence-corrected chi connectivity index (χ1v) is 10.5. The summed E-state index contributed by atoms with van der Waals surface area (Å²) in [6.45, 7) is 6.09. The Balaban J connectivity index is 2.05. The van der Waals surface area contributed by atoms with Crippen LogP contribution in [0.3, 0.4) is 0 Å². The number of aryl methyl sites for hydroxylation is 1. The van der Waals surface area contributed by atoms with E-state index in [0.717, 1.165) is 11.1 Å². The second-order valence-corrected chi connectivity index (χ2v) is 9.58. The van der Waals surface area contributed by atoms with E-state index in [9.17, 15) is 8.42 Å². The molecule has 0 aliphatic carbocycles. The van der Waals surface area contributed by atoms with Crippen LogP contribution in [0, 0.1) is 12.8 Å². The third-order valence-corrected chi connectivity index (χ3v) is 7.55. The van der Waals surface area contributed by atoms with Crippen LogP contribution in [0.5, 0.6) is 0 Å². The van der Waals surface area contributed by atoms with Crippen molar-refractivity contribution in [1.82, 2.24) is 4.31 Å². The van der Waals surface area contributed by atoms with Crippen LogP contribution in [0.25, 0.3) is 0 Å². The first-order valence-electron chi connectivity index (χ1n) is 8.13. The van der Waals surface area contributed by atoms with Gasteiger partial charge in [0, 0.05) is 6.04 Å². The Morgan fingerprint density at radius 3 is 2.12 bits per heavy atom. The summed E-state index contributed by atoms with van der Waals surface area (Å²) < 4.78 is 28.2. The summed E-state index contributed by atoms with van der Waals surface area (Å²) in [5.74, 6) is 0.231. The van der Waals surface area contributed by atoms with Crippen molar-refractivity contribution >= 4 is 26.0 Å². The van der Waals surface area contributed by atoms with Crippen LogP contribution < -0.4 is 0 Å². The van der Waals surface area contributed by atoms with Crippen LogP contribution in [0.1, 0.15) is 31.0 Å². The average molecular weight is 408 g/mol. The van der Waals surface area contributed by atoms with Gasteiger partial charge >= 0.3 is 0 Å². The largest absolute Gasteiger partial charge is 0.243 e. The van der Waals surface area contributed by atoms with Crippen molar-refractivity contribution in [2.45, 2.75) is 42.6 Å². The SMILES string of the molecule is Cc1ccc(S(=O)(=O)N2[C@H](c3ccccc3)[C@@H](Br)[C@@H]2C(C)C)cc1. The highest BCUT2D eigenvalue weighted by Gasteiger charge is 2.54. The summed E-state index contributed by atoms with van der Waals surface area (Å²) in [7, 11) is -3.54. The lowest BCUT2D eigenvalue weighted by Gasteiger charge is -2.53. The average Bonchev–Trinajstić information content (AvgIpc) is 2.53. The lowest BCUT2D eigenvalue weighted by atomic mass is 9.84. The lowest BCUT2D eigenvalue weighted by Crippen LogP contribution is -2.63. The first kappa shape index (κ1) is 17.6. The number of hydrogen-bond acceptors (Lipinski definition) is 2. The molecule has 128 valence electrons. The molecule has 0 N–H and O–H groups in total. The molecule has 3 rings (SSSR count). The maximum absolute atomic E-state index is 13.3. The maximum Gasteiger partial charge on any atom is 0.243 e. The summed E-state index contributed by atoms with van der Waals surface area (Å²) in [4.78, 5) is 0.471. The zero-order chi connectivity index (χ0) is 17.5. The maximum atomic E-state index is 13.3. The van der Waals surface area contributed by atoms with Gasteiger partial charge in [-0.25, -0.2) is 8.42 Å². The van der Waals surface area contributed by atoms with E-state index in [4.69, 9.17) is 0 Å². The number of nitrogens with zero attached hydrogens (tertiary/aromatic N) is 1. The van der Waals surface area contributed by atoms with Crippen molar-refractivity contribution < 1.29 is 8.42 Å². The van der Waals surface area contributed by atoms with Gasteiger partial charge in [-0.2, -0.15) is 4.31 Å². The van der Waals surface area contributed by atoms with Crippen molar-refractivity contribution in [1.29, 1.82) is 0 Å². The monoisotopic (exact) mass is 407 g/mol. The molecule has 0 spiro atoms. The summed E-state index contributed by atoms with van der Waals surface area (Å²) in [6.07, 6.45) is 0.